The molecule has 2 saturated heterocycles. The van der Waals surface area contributed by atoms with Crippen LogP contribution in [0.1, 0.15) is 67.3 Å². The maximum absolute atomic E-state index is 11.8. The molecule has 18 nitrogen and oxygen atoms in total. The average molecular weight is 720 g/mol. The van der Waals surface area contributed by atoms with Gasteiger partial charge in [0.1, 0.15) is 47.1 Å². The Morgan fingerprint density at radius 3 is 2.08 bits per heavy atom. The van der Waals surface area contributed by atoms with Gasteiger partial charge < -0.3 is 40.0 Å². The normalized spacial score (nSPS) is 33.4. The van der Waals surface area contributed by atoms with Crippen molar-refractivity contribution in [1.29, 1.82) is 0 Å². The first-order chi connectivity index (χ1) is 23.0. The van der Waals surface area contributed by atoms with Gasteiger partial charge >= 0.3 is 11.9 Å². The molecule has 2 unspecified atom stereocenters. The van der Waals surface area contributed by atoms with Crippen molar-refractivity contribution in [2.45, 2.75) is 103 Å². The molecule has 0 aromatic carbocycles. The van der Waals surface area contributed by atoms with Crippen LogP contribution in [-0.2, 0) is 28.5 Å². The molecule has 272 valence electrons. The van der Waals surface area contributed by atoms with E-state index in [1.54, 1.807) is 4.57 Å². The number of ether oxygens (including phenoxy) is 4. The zero-order valence-corrected chi connectivity index (χ0v) is 26.8. The number of rotatable bonds is 6. The van der Waals surface area contributed by atoms with Crippen molar-refractivity contribution in [3.63, 3.8) is 0 Å². The van der Waals surface area contributed by atoms with E-state index >= 15 is 0 Å². The lowest BCUT2D eigenvalue weighted by atomic mass is 10.1. The van der Waals surface area contributed by atoms with Gasteiger partial charge in [0.15, 0.2) is 46.9 Å². The van der Waals surface area contributed by atoms with Crippen LogP contribution in [0.25, 0.3) is 22.3 Å². The van der Waals surface area contributed by atoms with E-state index < -0.39 is 60.0 Å². The van der Waals surface area contributed by atoms with Crippen LogP contribution in [0.3, 0.4) is 0 Å². The van der Waals surface area contributed by atoms with E-state index in [4.69, 9.17) is 36.3 Å². The van der Waals surface area contributed by atoms with Gasteiger partial charge in [0.2, 0.25) is 0 Å². The van der Waals surface area contributed by atoms with E-state index in [9.17, 15) is 24.9 Å². The molecular formula is C31H42ClN9O9. The Labute approximate surface area is 291 Å². The van der Waals surface area contributed by atoms with Crippen LogP contribution in [0.4, 0.5) is 5.82 Å². The Kier molecular flexibility index (Phi) is 10.1. The monoisotopic (exact) mass is 719 g/mol. The quantitative estimate of drug-likeness (QED) is 0.164. The highest BCUT2D eigenvalue weighted by Crippen LogP contribution is 2.61. The summed E-state index contributed by atoms with van der Waals surface area (Å²) in [5.74, 6) is -0.669. The first kappa shape index (κ1) is 37.2. The number of carbonyl (C=O) groups excluding carboxylic acids is 2. The number of anilines is 1. The van der Waals surface area contributed by atoms with Gasteiger partial charge in [-0.05, 0) is 18.8 Å². The number of hydrogen-bond acceptors (Lipinski definition) is 16. The van der Waals surface area contributed by atoms with Gasteiger partial charge in [-0.25, -0.2) is 29.9 Å². The van der Waals surface area contributed by atoms with E-state index in [2.05, 4.69) is 29.9 Å². The number of nitrogens with two attached hydrogens (primary N) is 1. The Hall–Kier alpha value is -4.07. The first-order valence-electron chi connectivity index (χ1n) is 15.4. The molecule has 4 aromatic rings. The van der Waals surface area contributed by atoms with Crippen molar-refractivity contribution in [2.24, 2.45) is 11.8 Å². The van der Waals surface area contributed by atoms with Crippen molar-refractivity contribution in [3.05, 3.63) is 30.5 Å². The molecule has 10 atom stereocenters. The van der Waals surface area contributed by atoms with Crippen molar-refractivity contribution < 1.29 is 43.9 Å². The fraction of sp³-hybridized carbons (Fsp3) is 0.613. The summed E-state index contributed by atoms with van der Waals surface area (Å²) in [7, 11) is 0. The summed E-state index contributed by atoms with van der Waals surface area (Å²) in [6, 6.07) is 0. The number of imidazole rings is 2. The Morgan fingerprint density at radius 2 is 1.48 bits per heavy atom. The number of esters is 2. The van der Waals surface area contributed by atoms with E-state index in [1.807, 2.05) is 6.92 Å². The second-order valence-corrected chi connectivity index (χ2v) is 12.8. The fourth-order valence-electron chi connectivity index (χ4n) is 7.12. The summed E-state index contributed by atoms with van der Waals surface area (Å²) in [5.41, 5.74) is 5.87. The molecule has 2 spiro atoms. The summed E-state index contributed by atoms with van der Waals surface area (Å²) >= 11 is 6.09. The van der Waals surface area contributed by atoms with Crippen LogP contribution in [0.2, 0.25) is 5.15 Å². The Balaban J connectivity index is 0.000000192. The van der Waals surface area contributed by atoms with E-state index in [0.717, 1.165) is 12.8 Å². The summed E-state index contributed by atoms with van der Waals surface area (Å²) < 4.78 is 26.5. The maximum atomic E-state index is 11.8. The van der Waals surface area contributed by atoms with Crippen molar-refractivity contribution in [1.82, 2.24) is 39.0 Å². The highest BCUT2D eigenvalue weighted by molar-refractivity contribution is 6.33. The first-order valence-corrected chi connectivity index (χ1v) is 15.8. The molecule has 0 amide bonds. The number of nitrogens with zero attached hydrogens (tertiary/aromatic N) is 8. The van der Waals surface area contributed by atoms with Crippen molar-refractivity contribution in [2.75, 3.05) is 12.3 Å². The molecule has 50 heavy (non-hydrogen) atoms. The van der Waals surface area contributed by atoms with Crippen molar-refractivity contribution >= 4 is 51.7 Å². The molecule has 2 saturated carbocycles. The third-order valence-corrected chi connectivity index (χ3v) is 9.88. The number of hydrogen-bond donors (Lipinski definition) is 4. The molecule has 6 heterocycles. The average Bonchev–Trinajstić information content (AvgIpc) is 3.70. The second-order valence-electron chi connectivity index (χ2n) is 12.4. The van der Waals surface area contributed by atoms with Crippen LogP contribution in [0.15, 0.2) is 25.3 Å². The van der Waals surface area contributed by atoms with Gasteiger partial charge in [-0.15, -0.1) is 0 Å². The zero-order valence-electron chi connectivity index (χ0n) is 26.1. The molecular weight excluding hydrogens is 678 g/mol. The fourth-order valence-corrected chi connectivity index (χ4v) is 7.29. The molecule has 4 aromatic heterocycles. The Morgan fingerprint density at radius 1 is 0.900 bits per heavy atom. The predicted molar refractivity (Wildman–Crippen MR) is 176 cm³/mol. The standard InChI is InChI=1S/C17H19ClN4O5.C12H15N5O4.2CH4/c1-4-10-5-17(10)13(26-9(3)24)12(25-8(2)23)16(27-17)22-7-21-11-14(18)19-6-20-15(11)22;13-9-6-10(15-3-14-9)17(4-16-6)11-7(19)8(20)12(21-11)1-5(12)2-18;;/h6-7,10,12-13,16H,4-5H2,1-3H3;3-5,7-8,11,18-20H,1-2H2,(H2,13,14,15);2*1H4/t10-,12?,13-,16-,17-;5-,7?,8+,11+,12+;;/m10../s1. The number of aliphatic hydroxyl groups excluding tert-OH is 3. The number of halogens is 1. The minimum absolute atomic E-state index is 0. The van der Waals surface area contributed by atoms with Gasteiger partial charge in [-0.3, -0.25) is 18.7 Å². The molecule has 4 fully saturated rings. The molecule has 5 N–H and O–H groups in total. The van der Waals surface area contributed by atoms with Gasteiger partial charge in [-0.2, -0.15) is 0 Å². The smallest absolute Gasteiger partial charge is 0.303 e. The second kappa shape index (κ2) is 13.6. The molecule has 4 aliphatic rings. The lowest BCUT2D eigenvalue weighted by Crippen LogP contribution is -2.40. The number of aliphatic hydroxyl groups is 3. The number of nitrogen functional groups attached to an aromatic ring is 1. The van der Waals surface area contributed by atoms with Crippen LogP contribution in [0, 0.1) is 11.8 Å². The minimum Gasteiger partial charge on any atom is -0.455 e. The van der Waals surface area contributed by atoms with Crippen LogP contribution in [-0.4, -0.2) is 109 Å². The lowest BCUT2D eigenvalue weighted by molar-refractivity contribution is -0.166. The van der Waals surface area contributed by atoms with Gasteiger partial charge in [0.05, 0.1) is 12.7 Å². The van der Waals surface area contributed by atoms with Gasteiger partial charge in [0.25, 0.3) is 0 Å². The highest BCUT2D eigenvalue weighted by atomic mass is 35.5. The van der Waals surface area contributed by atoms with E-state index in [1.165, 1.54) is 43.7 Å². The summed E-state index contributed by atoms with van der Waals surface area (Å²) in [5, 5.41) is 29.9. The molecule has 8 rings (SSSR count). The van der Waals surface area contributed by atoms with Crippen LogP contribution >= 0.6 is 11.6 Å². The summed E-state index contributed by atoms with van der Waals surface area (Å²) in [6.45, 7) is 4.59. The number of carbonyl (C=O) groups is 2. The molecule has 19 heteroatoms. The number of fused-ring (bicyclic) bond motifs is 2. The topological polar surface area (TPSA) is 245 Å². The largest absolute Gasteiger partial charge is 0.455 e. The van der Waals surface area contributed by atoms with E-state index in [0.29, 0.717) is 28.7 Å². The Bertz CT molecular complexity index is 1890. The van der Waals surface area contributed by atoms with Gasteiger partial charge in [0, 0.05) is 26.4 Å². The molecule has 0 bridgehead atoms. The summed E-state index contributed by atoms with van der Waals surface area (Å²) in [4.78, 5) is 47.9. The predicted octanol–water partition coefficient (Wildman–Crippen LogP) is 1.72. The third kappa shape index (κ3) is 5.82. The van der Waals surface area contributed by atoms with Crippen LogP contribution in [0.5, 0.6) is 0 Å². The number of aromatic nitrogens is 8. The van der Waals surface area contributed by atoms with Crippen molar-refractivity contribution in [3.8, 4) is 0 Å². The minimum atomic E-state index is -1.13. The molecule has 0 radical (unpaired) electrons. The highest BCUT2D eigenvalue weighted by Gasteiger charge is 2.71. The van der Waals surface area contributed by atoms with Gasteiger partial charge in [-0.1, -0.05) is 39.8 Å². The zero-order chi connectivity index (χ0) is 34.1. The third-order valence-electron chi connectivity index (χ3n) is 9.61. The SMILES string of the molecule is C.C.CC[C@@H]1C[C@@]12O[C@@H](n1cnc3c(Cl)ncnc31)C(OC(C)=O)[C@H]2OC(C)=O.Nc1ncnc2c1ncn2[C@@H]1O[C@@]2(C[C@H]2CO)[C@H](O)C1O. The molecule has 2 aliphatic heterocycles. The summed E-state index contributed by atoms with van der Waals surface area (Å²) in [6.07, 6.45) is 2.40. The van der Waals surface area contributed by atoms with Crippen LogP contribution < -0.4 is 5.73 Å². The maximum Gasteiger partial charge on any atom is 0.303 e. The lowest BCUT2D eigenvalue weighted by Gasteiger charge is -2.24. The van der Waals surface area contributed by atoms with E-state index in [-0.39, 0.29) is 44.3 Å². The molecule has 2 aliphatic carbocycles.